The van der Waals surface area contributed by atoms with Gasteiger partial charge in [-0.15, -0.1) is 35.9 Å². The van der Waals surface area contributed by atoms with Crippen LogP contribution in [-0.2, 0) is 38.4 Å². The zero-order chi connectivity index (χ0) is 48.8. The van der Waals surface area contributed by atoms with Crippen molar-refractivity contribution in [2.75, 3.05) is 0 Å². The molecule has 10 rings (SSSR count). The average molecular weight is 1120 g/mol. The fourth-order valence-corrected chi connectivity index (χ4v) is 11.7. The topological polar surface area (TPSA) is 82.5 Å². The minimum atomic E-state index is -1.38. The van der Waals surface area contributed by atoms with Gasteiger partial charge in [0.2, 0.25) is 5.71 Å². The largest absolute Gasteiger partial charge is 0.486 e. The van der Waals surface area contributed by atoms with Crippen molar-refractivity contribution in [1.82, 2.24) is 29.5 Å². The molecule has 1 saturated carbocycles. The molecule has 0 N–H and O–H groups in total. The van der Waals surface area contributed by atoms with Crippen molar-refractivity contribution in [2.45, 2.75) is 132 Å². The van der Waals surface area contributed by atoms with Crippen LogP contribution >= 0.6 is 0 Å². The van der Waals surface area contributed by atoms with Gasteiger partial charge in [0.1, 0.15) is 0 Å². The average Bonchev–Trinajstić information content (AvgIpc) is 4.06. The fraction of sp³-hybridized carbons (Fsp3) is 0.361. The number of nitrogens with zero attached hydrogens (tertiary/aromatic N) is 6. The molecule has 1 aliphatic carbocycles. The predicted molar refractivity (Wildman–Crippen MR) is 289 cm³/mol. The van der Waals surface area contributed by atoms with E-state index in [9.17, 15) is 0 Å². The first-order chi connectivity index (χ1) is 32.9. The quantitative estimate of drug-likeness (QED) is 0.100. The summed E-state index contributed by atoms with van der Waals surface area (Å²) in [5.41, 5.74) is 16.4. The van der Waals surface area contributed by atoms with Crippen LogP contribution in [0.5, 0.6) is 0 Å². The number of aromatic nitrogens is 6. The van der Waals surface area contributed by atoms with Gasteiger partial charge in [-0.3, -0.25) is 9.97 Å². The second-order valence-corrected chi connectivity index (χ2v) is 27.2. The minimum Gasteiger partial charge on any atom is -0.486 e. The van der Waals surface area contributed by atoms with E-state index in [-0.39, 0.29) is 31.4 Å². The van der Waals surface area contributed by atoms with Gasteiger partial charge >= 0.3 is 0 Å². The summed E-state index contributed by atoms with van der Waals surface area (Å²) in [7, 11) is -1.38. The number of fused-ring (bicyclic) bond motifs is 4. The van der Waals surface area contributed by atoms with Crippen molar-refractivity contribution >= 4 is 46.4 Å². The Morgan fingerprint density at radius 2 is 1.54 bits per heavy atom. The zero-order valence-corrected chi connectivity index (χ0v) is 46.6. The van der Waals surface area contributed by atoms with Gasteiger partial charge in [-0.05, 0) is 105 Å². The van der Waals surface area contributed by atoms with Crippen LogP contribution < -0.4 is 5.19 Å². The van der Waals surface area contributed by atoms with Crippen LogP contribution in [0, 0.1) is 37.8 Å². The van der Waals surface area contributed by atoms with Crippen molar-refractivity contribution in [3.8, 4) is 39.5 Å². The maximum atomic E-state index is 6.66. The van der Waals surface area contributed by atoms with E-state index in [4.69, 9.17) is 24.4 Å². The molecule has 0 amide bonds. The molecule has 9 aromatic rings. The Hall–Kier alpha value is -5.60. The third kappa shape index (κ3) is 10.7. The molecule has 0 saturated heterocycles. The van der Waals surface area contributed by atoms with E-state index in [1.54, 1.807) is 0 Å². The van der Waals surface area contributed by atoms with Crippen molar-refractivity contribution in [2.24, 2.45) is 11.8 Å². The summed E-state index contributed by atoms with van der Waals surface area (Å²) in [6.07, 6.45) is 11.4. The molecule has 9 heteroatoms. The molecule has 0 aliphatic heterocycles. The summed E-state index contributed by atoms with van der Waals surface area (Å²) in [5, 5.41) is 3.53. The second-order valence-electron chi connectivity index (χ2n) is 22.2. The van der Waals surface area contributed by atoms with Crippen LogP contribution in [0.15, 0.2) is 108 Å². The maximum Gasteiger partial charge on any atom is 0.216 e. The monoisotopic (exact) mass is 1120 g/mol. The molecule has 363 valence electrons. The van der Waals surface area contributed by atoms with Crippen LogP contribution in [0.1, 0.15) is 114 Å². The standard InChI is InChI=1S/C42H41N4O.C19H27N2Si.Ir/c1-26(2)35-24-38-36(25-43-35)45-40(46(38)37-21-18-29(23-34(37)42(3,4)5)28-14-7-6-8-15-28)33-17-11-16-31-32-20-19-30(22-27-12-9-10-13-27)44-41(32)47-39(31)33;1-13(2)10-16-11-18(20-12-19(16)22(5,6)7)17-9-8-14(3)21-15(17)4;/h6-8,11,14-16,18-21,23-27H,9-10,12-13,22H2,1-5H3;8,11-13H,10H2,1-7H3;/q2*-1;. The van der Waals surface area contributed by atoms with Gasteiger partial charge in [0.05, 0.1) is 36.7 Å². The summed E-state index contributed by atoms with van der Waals surface area (Å²) in [4.78, 5) is 24.4. The molecule has 0 unspecified atom stereocenters. The van der Waals surface area contributed by atoms with Crippen molar-refractivity contribution in [3.63, 3.8) is 0 Å². The van der Waals surface area contributed by atoms with E-state index in [2.05, 4.69) is 175 Å². The molecule has 0 spiro atoms. The van der Waals surface area contributed by atoms with Gasteiger partial charge in [-0.2, -0.15) is 0 Å². The third-order valence-corrected chi connectivity index (χ3v) is 15.7. The molecule has 1 aliphatic rings. The second kappa shape index (κ2) is 20.6. The molecule has 7 nitrogen and oxygen atoms in total. The summed E-state index contributed by atoms with van der Waals surface area (Å²) in [6, 6.07) is 39.1. The van der Waals surface area contributed by atoms with E-state index in [1.165, 1.54) is 53.1 Å². The Balaban J connectivity index is 0.000000242. The molecule has 1 radical (unpaired) electrons. The summed E-state index contributed by atoms with van der Waals surface area (Å²) < 4.78 is 8.96. The Morgan fingerprint density at radius 1 is 0.786 bits per heavy atom. The number of imidazole rings is 1. The number of furan rings is 1. The van der Waals surface area contributed by atoms with Crippen LogP contribution in [-0.4, -0.2) is 37.6 Å². The molecule has 1 fully saturated rings. The van der Waals surface area contributed by atoms with Gasteiger partial charge in [0, 0.05) is 48.8 Å². The number of benzene rings is 3. The van der Waals surface area contributed by atoms with Gasteiger partial charge in [0.25, 0.3) is 0 Å². The maximum absolute atomic E-state index is 6.66. The fourth-order valence-electron chi connectivity index (χ4n) is 10.1. The first-order valence-electron chi connectivity index (χ1n) is 25.1. The molecular weight excluding hydrogens is 1050 g/mol. The van der Waals surface area contributed by atoms with E-state index in [1.807, 2.05) is 32.2 Å². The normalized spacial score (nSPS) is 13.4. The van der Waals surface area contributed by atoms with Gasteiger partial charge in [-0.25, -0.2) is 4.98 Å². The molecule has 3 aromatic carbocycles. The first-order valence-corrected chi connectivity index (χ1v) is 28.6. The van der Waals surface area contributed by atoms with Crippen molar-refractivity contribution < 1.29 is 24.5 Å². The van der Waals surface area contributed by atoms with E-state index >= 15 is 0 Å². The van der Waals surface area contributed by atoms with Crippen LogP contribution in [0.2, 0.25) is 19.6 Å². The number of aryl methyl sites for hydroxylation is 2. The van der Waals surface area contributed by atoms with Gasteiger partial charge in [0.15, 0.2) is 0 Å². The molecule has 70 heavy (non-hydrogen) atoms. The molecule has 0 bridgehead atoms. The Kier molecular flexibility index (Phi) is 15.0. The van der Waals surface area contributed by atoms with Gasteiger partial charge in [-0.1, -0.05) is 167 Å². The molecule has 6 aromatic heterocycles. The van der Waals surface area contributed by atoms with Crippen LogP contribution in [0.3, 0.4) is 0 Å². The number of pyridine rings is 4. The van der Waals surface area contributed by atoms with Crippen molar-refractivity contribution in [3.05, 3.63) is 149 Å². The Morgan fingerprint density at radius 3 is 2.23 bits per heavy atom. The SMILES string of the molecule is CC(C)c1cc2c(cn1)nc(-c1[c-]ccc3c1oc1nc(CC4CCCC4)ccc13)n2-c1ccc(-c2ccccc2)cc1C(C)(C)C.Cc1c[c-]c(-c2cc(CC(C)C)c([Si](C)(C)C)cn2)c(C)n1.[Ir]. The molecule has 6 heterocycles. The van der Waals surface area contributed by atoms with E-state index in [0.29, 0.717) is 11.6 Å². The zero-order valence-electron chi connectivity index (χ0n) is 43.2. The molecule has 0 atom stereocenters. The van der Waals surface area contributed by atoms with Crippen molar-refractivity contribution in [1.29, 1.82) is 0 Å². The smallest absolute Gasteiger partial charge is 0.216 e. The first kappa shape index (κ1) is 50.8. The Labute approximate surface area is 430 Å². The summed E-state index contributed by atoms with van der Waals surface area (Å²) >= 11 is 0. The van der Waals surface area contributed by atoms with E-state index in [0.717, 1.165) is 97.3 Å². The predicted octanol–water partition coefficient (Wildman–Crippen LogP) is 15.3. The summed E-state index contributed by atoms with van der Waals surface area (Å²) in [5.74, 6) is 2.44. The summed E-state index contributed by atoms with van der Waals surface area (Å²) in [6.45, 7) is 27.0. The van der Waals surface area contributed by atoms with Crippen LogP contribution in [0.4, 0.5) is 0 Å². The van der Waals surface area contributed by atoms with Crippen LogP contribution in [0.25, 0.3) is 72.6 Å². The van der Waals surface area contributed by atoms with E-state index < -0.39 is 8.07 Å². The molecular formula is C61H68IrN6OSi-2. The van der Waals surface area contributed by atoms with Gasteiger partial charge < -0.3 is 19.0 Å². The third-order valence-electron chi connectivity index (χ3n) is 13.7. The minimum absolute atomic E-state index is 0. The number of hydrogen-bond donors (Lipinski definition) is 0. The number of rotatable bonds is 10. The number of hydrogen-bond acceptors (Lipinski definition) is 6. The Bertz CT molecular complexity index is 3300.